The Hall–Kier alpha value is -2.21. The summed E-state index contributed by atoms with van der Waals surface area (Å²) in [7, 11) is 0. The van der Waals surface area contributed by atoms with Gasteiger partial charge in [-0.25, -0.2) is 4.39 Å². The van der Waals surface area contributed by atoms with Gasteiger partial charge in [-0.15, -0.1) is 6.58 Å². The molecule has 5 nitrogen and oxygen atoms in total. The van der Waals surface area contributed by atoms with E-state index in [1.165, 1.54) is 29.2 Å². The minimum Gasteiger partial charge on any atom is -0.370 e. The smallest absolute Gasteiger partial charge is 0.255 e. The molecular formula is C16H21FN2O3. The highest BCUT2D eigenvalue weighted by Gasteiger charge is 2.22. The van der Waals surface area contributed by atoms with E-state index in [-0.39, 0.29) is 18.9 Å². The van der Waals surface area contributed by atoms with Gasteiger partial charge in [0.25, 0.3) is 5.91 Å². The van der Waals surface area contributed by atoms with Crippen molar-refractivity contribution in [2.45, 2.75) is 25.9 Å². The molecule has 0 aliphatic carbocycles. The largest absolute Gasteiger partial charge is 0.370 e. The molecule has 2 N–H and O–H groups in total. The third-order valence-electron chi connectivity index (χ3n) is 3.02. The van der Waals surface area contributed by atoms with E-state index in [0.717, 1.165) is 0 Å². The van der Waals surface area contributed by atoms with Gasteiger partial charge in [-0.05, 0) is 37.6 Å². The highest BCUT2D eigenvalue weighted by atomic mass is 19.1. The maximum absolute atomic E-state index is 13.0. The number of anilines is 1. The van der Waals surface area contributed by atoms with Crippen LogP contribution in [-0.2, 0) is 14.3 Å². The van der Waals surface area contributed by atoms with Crippen molar-refractivity contribution in [1.29, 1.82) is 0 Å². The molecule has 0 heterocycles. The normalized spacial score (nSPS) is 11.7. The summed E-state index contributed by atoms with van der Waals surface area (Å²) in [4.78, 5) is 24.8. The number of benzene rings is 1. The van der Waals surface area contributed by atoms with E-state index in [1.807, 2.05) is 0 Å². The number of primary amides is 1. The molecule has 0 saturated carbocycles. The molecule has 22 heavy (non-hydrogen) atoms. The maximum atomic E-state index is 13.0. The van der Waals surface area contributed by atoms with Gasteiger partial charge in [-0.1, -0.05) is 6.08 Å². The molecule has 1 aromatic rings. The third kappa shape index (κ3) is 5.65. The average molecular weight is 308 g/mol. The van der Waals surface area contributed by atoms with Crippen LogP contribution in [-0.4, -0.2) is 31.1 Å². The van der Waals surface area contributed by atoms with Gasteiger partial charge in [0.05, 0.1) is 6.61 Å². The average Bonchev–Trinajstić information content (AvgIpc) is 2.48. The Kier molecular flexibility index (Phi) is 7.25. The quantitative estimate of drug-likeness (QED) is 0.560. The van der Waals surface area contributed by atoms with Crippen molar-refractivity contribution in [3.8, 4) is 0 Å². The molecular weight excluding hydrogens is 287 g/mol. The fourth-order valence-electron chi connectivity index (χ4n) is 1.83. The van der Waals surface area contributed by atoms with Crippen molar-refractivity contribution in [2.75, 3.05) is 18.1 Å². The van der Waals surface area contributed by atoms with Crippen molar-refractivity contribution >= 4 is 17.5 Å². The van der Waals surface area contributed by atoms with Gasteiger partial charge >= 0.3 is 0 Å². The van der Waals surface area contributed by atoms with Crippen LogP contribution in [0.3, 0.4) is 0 Å². The van der Waals surface area contributed by atoms with E-state index in [1.54, 1.807) is 13.0 Å². The van der Waals surface area contributed by atoms with Gasteiger partial charge in [0.2, 0.25) is 5.91 Å². The van der Waals surface area contributed by atoms with Crippen LogP contribution in [0.15, 0.2) is 36.9 Å². The van der Waals surface area contributed by atoms with E-state index in [4.69, 9.17) is 10.5 Å². The number of nitrogens with zero attached hydrogens (tertiary/aromatic N) is 1. The first-order chi connectivity index (χ1) is 10.5. The molecule has 6 heteroatoms. The lowest BCUT2D eigenvalue weighted by molar-refractivity contribution is -0.129. The zero-order valence-corrected chi connectivity index (χ0v) is 12.6. The highest BCUT2D eigenvalue weighted by molar-refractivity contribution is 5.96. The first-order valence-corrected chi connectivity index (χ1v) is 7.03. The molecule has 0 radical (unpaired) electrons. The second-order valence-electron chi connectivity index (χ2n) is 4.77. The Morgan fingerprint density at radius 3 is 2.59 bits per heavy atom. The number of amides is 2. The molecule has 0 fully saturated rings. The zero-order valence-electron chi connectivity index (χ0n) is 12.6. The molecule has 1 aromatic carbocycles. The number of nitrogens with two attached hydrogens (primary N) is 1. The number of carbonyl (C=O) groups is 2. The molecule has 0 aromatic heterocycles. The summed E-state index contributed by atoms with van der Waals surface area (Å²) >= 11 is 0. The summed E-state index contributed by atoms with van der Waals surface area (Å²) < 4.78 is 18.4. The van der Waals surface area contributed by atoms with Crippen LogP contribution in [0.2, 0.25) is 0 Å². The molecule has 1 atom stereocenters. The molecule has 0 saturated heterocycles. The number of halogens is 1. The topological polar surface area (TPSA) is 72.6 Å². The number of hydrogen-bond acceptors (Lipinski definition) is 3. The van der Waals surface area contributed by atoms with Gasteiger partial charge in [0.1, 0.15) is 11.9 Å². The van der Waals surface area contributed by atoms with Crippen molar-refractivity contribution in [3.63, 3.8) is 0 Å². The Bertz CT molecular complexity index is 517. The van der Waals surface area contributed by atoms with Crippen LogP contribution in [0.4, 0.5) is 10.1 Å². The van der Waals surface area contributed by atoms with E-state index in [2.05, 4.69) is 6.58 Å². The predicted octanol–water partition coefficient (Wildman–Crippen LogP) is 2.02. The second-order valence-corrected chi connectivity index (χ2v) is 4.77. The second kappa shape index (κ2) is 8.94. The van der Waals surface area contributed by atoms with Crippen molar-refractivity contribution in [2.24, 2.45) is 5.73 Å². The van der Waals surface area contributed by atoms with E-state index in [9.17, 15) is 14.0 Å². The molecule has 0 spiro atoms. The number of carbonyl (C=O) groups excluding carboxylic acids is 2. The minimum absolute atomic E-state index is 0.0164. The molecule has 1 unspecified atom stereocenters. The number of ether oxygens (including phenoxy) is 1. The monoisotopic (exact) mass is 308 g/mol. The molecule has 120 valence electrons. The Labute approximate surface area is 129 Å². The Morgan fingerprint density at radius 2 is 2.05 bits per heavy atom. The summed E-state index contributed by atoms with van der Waals surface area (Å²) in [6, 6.07) is 5.46. The first kappa shape index (κ1) is 17.8. The van der Waals surface area contributed by atoms with Gasteiger partial charge in [0, 0.05) is 18.7 Å². The lowest BCUT2D eigenvalue weighted by Gasteiger charge is -2.25. The lowest BCUT2D eigenvalue weighted by atomic mass is 10.2. The Morgan fingerprint density at radius 1 is 1.41 bits per heavy atom. The summed E-state index contributed by atoms with van der Waals surface area (Å²) in [6.07, 6.45) is 1.66. The Balaban J connectivity index is 2.83. The summed E-state index contributed by atoms with van der Waals surface area (Å²) in [5.41, 5.74) is 5.63. The maximum Gasteiger partial charge on any atom is 0.255 e. The third-order valence-corrected chi connectivity index (χ3v) is 3.02. The summed E-state index contributed by atoms with van der Waals surface area (Å²) in [5, 5.41) is 0. The number of rotatable bonds is 9. The standard InChI is InChI=1S/C16H21FN2O3/c1-3-4-11-22-12(2)16(21)19(10-9-15(18)20)14-7-5-13(17)6-8-14/h3,5-8,12H,1,4,9-11H2,2H3,(H2,18,20). The van der Waals surface area contributed by atoms with Crippen LogP contribution in [0, 0.1) is 5.82 Å². The minimum atomic E-state index is -0.683. The van der Waals surface area contributed by atoms with Crippen LogP contribution >= 0.6 is 0 Å². The van der Waals surface area contributed by atoms with E-state index >= 15 is 0 Å². The summed E-state index contributed by atoms with van der Waals surface area (Å²) in [6.45, 7) is 5.71. The van der Waals surface area contributed by atoms with Crippen LogP contribution < -0.4 is 10.6 Å². The van der Waals surface area contributed by atoms with Crippen LogP contribution in [0.5, 0.6) is 0 Å². The fourth-order valence-corrected chi connectivity index (χ4v) is 1.83. The van der Waals surface area contributed by atoms with Crippen LogP contribution in [0.1, 0.15) is 19.8 Å². The number of hydrogen-bond donors (Lipinski definition) is 1. The highest BCUT2D eigenvalue weighted by Crippen LogP contribution is 2.17. The van der Waals surface area contributed by atoms with Gasteiger partial charge < -0.3 is 15.4 Å². The van der Waals surface area contributed by atoms with Gasteiger partial charge in [-0.3, -0.25) is 9.59 Å². The molecule has 1 rings (SSSR count). The first-order valence-electron chi connectivity index (χ1n) is 7.03. The lowest BCUT2D eigenvalue weighted by Crippen LogP contribution is -2.41. The molecule has 0 bridgehead atoms. The predicted molar refractivity (Wildman–Crippen MR) is 82.8 cm³/mol. The van der Waals surface area contributed by atoms with Crippen molar-refractivity contribution in [3.05, 3.63) is 42.7 Å². The van der Waals surface area contributed by atoms with Gasteiger partial charge in [-0.2, -0.15) is 0 Å². The summed E-state index contributed by atoms with van der Waals surface area (Å²) in [5.74, 6) is -1.22. The SMILES string of the molecule is C=CCCOC(C)C(=O)N(CCC(N)=O)c1ccc(F)cc1. The molecule has 0 aliphatic rings. The van der Waals surface area contributed by atoms with E-state index in [0.29, 0.717) is 18.7 Å². The fraction of sp³-hybridized carbons (Fsp3) is 0.375. The van der Waals surface area contributed by atoms with E-state index < -0.39 is 17.8 Å². The zero-order chi connectivity index (χ0) is 16.5. The van der Waals surface area contributed by atoms with Crippen molar-refractivity contribution < 1.29 is 18.7 Å². The van der Waals surface area contributed by atoms with Crippen LogP contribution in [0.25, 0.3) is 0 Å². The molecule has 2 amide bonds. The molecule has 0 aliphatic heterocycles. The van der Waals surface area contributed by atoms with Gasteiger partial charge in [0.15, 0.2) is 0 Å². The van der Waals surface area contributed by atoms with Crippen molar-refractivity contribution in [1.82, 2.24) is 0 Å².